The van der Waals surface area contributed by atoms with Gasteiger partial charge >= 0.3 is 0 Å². The highest BCUT2D eigenvalue weighted by Crippen LogP contribution is 2.11. The standard InChI is InChI=1S/C19H28N4OS.HI/c1-4-20-19(21-11-10-18-22-12-15(3)25-18)23-13-16-6-8-17(9-7-16)14-24-5-2;/h6-9,12H,4-5,10-11,13-14H2,1-3H3,(H2,20,21,23);1H. The molecule has 0 spiro atoms. The number of hydrogen-bond donors (Lipinski definition) is 2. The second-order valence-corrected chi connectivity index (χ2v) is 7.01. The maximum atomic E-state index is 5.42. The Bertz CT molecular complexity index is 658. The summed E-state index contributed by atoms with van der Waals surface area (Å²) in [6, 6.07) is 8.43. The molecule has 2 aromatic rings. The highest BCUT2D eigenvalue weighted by Gasteiger charge is 2.01. The first-order chi connectivity index (χ1) is 12.2. The molecule has 0 bridgehead atoms. The first-order valence-corrected chi connectivity index (χ1v) is 9.62. The molecule has 1 aromatic heterocycles. The van der Waals surface area contributed by atoms with E-state index in [2.05, 4.69) is 58.7 Å². The van der Waals surface area contributed by atoms with Crippen molar-refractivity contribution >= 4 is 41.3 Å². The Morgan fingerprint density at radius 1 is 1.15 bits per heavy atom. The molecule has 0 saturated carbocycles. The van der Waals surface area contributed by atoms with Gasteiger partial charge in [-0.3, -0.25) is 0 Å². The average molecular weight is 488 g/mol. The van der Waals surface area contributed by atoms with Gasteiger partial charge in [0.1, 0.15) is 0 Å². The van der Waals surface area contributed by atoms with Crippen molar-refractivity contribution in [3.05, 3.63) is 51.5 Å². The third-order valence-electron chi connectivity index (χ3n) is 3.56. The number of aliphatic imine (C=N–C) groups is 1. The maximum Gasteiger partial charge on any atom is 0.191 e. The SMILES string of the molecule is CCNC(=NCc1ccc(COCC)cc1)NCCc1ncc(C)s1.I. The summed E-state index contributed by atoms with van der Waals surface area (Å²) in [4.78, 5) is 10.3. The van der Waals surface area contributed by atoms with Crippen molar-refractivity contribution < 1.29 is 4.74 Å². The molecule has 2 rings (SSSR count). The number of nitrogens with one attached hydrogen (secondary N) is 2. The lowest BCUT2D eigenvalue weighted by atomic mass is 10.1. The van der Waals surface area contributed by atoms with Gasteiger partial charge in [-0.1, -0.05) is 24.3 Å². The number of benzene rings is 1. The van der Waals surface area contributed by atoms with Gasteiger partial charge in [0.2, 0.25) is 0 Å². The fourth-order valence-corrected chi connectivity index (χ4v) is 3.06. The first kappa shape index (κ1) is 22.9. The number of nitrogens with zero attached hydrogens (tertiary/aromatic N) is 2. The molecule has 26 heavy (non-hydrogen) atoms. The number of hydrogen-bond acceptors (Lipinski definition) is 4. The normalized spacial score (nSPS) is 11.1. The van der Waals surface area contributed by atoms with Crippen molar-refractivity contribution in [3.63, 3.8) is 0 Å². The van der Waals surface area contributed by atoms with Crippen LogP contribution in [0.3, 0.4) is 0 Å². The molecule has 0 fully saturated rings. The minimum absolute atomic E-state index is 0. The summed E-state index contributed by atoms with van der Waals surface area (Å²) in [5, 5.41) is 7.82. The summed E-state index contributed by atoms with van der Waals surface area (Å²) in [7, 11) is 0. The number of guanidine groups is 1. The van der Waals surface area contributed by atoms with Crippen LogP contribution in [0.4, 0.5) is 0 Å². The quantitative estimate of drug-likeness (QED) is 0.320. The van der Waals surface area contributed by atoms with Crippen molar-refractivity contribution in [3.8, 4) is 0 Å². The largest absolute Gasteiger partial charge is 0.377 e. The lowest BCUT2D eigenvalue weighted by Crippen LogP contribution is -2.38. The molecule has 0 unspecified atom stereocenters. The van der Waals surface area contributed by atoms with Gasteiger partial charge in [-0.05, 0) is 31.9 Å². The van der Waals surface area contributed by atoms with Crippen molar-refractivity contribution in [2.24, 2.45) is 4.99 Å². The van der Waals surface area contributed by atoms with Crippen LogP contribution >= 0.6 is 35.3 Å². The lowest BCUT2D eigenvalue weighted by Gasteiger charge is -2.10. The molecule has 0 aliphatic carbocycles. The van der Waals surface area contributed by atoms with Crippen LogP contribution in [0.1, 0.15) is 34.9 Å². The summed E-state index contributed by atoms with van der Waals surface area (Å²) >= 11 is 1.75. The van der Waals surface area contributed by atoms with Gasteiger partial charge in [0.15, 0.2) is 5.96 Å². The van der Waals surface area contributed by atoms with Crippen LogP contribution in [0.2, 0.25) is 0 Å². The van der Waals surface area contributed by atoms with Gasteiger partial charge in [0.25, 0.3) is 0 Å². The Balaban J connectivity index is 0.00000338. The van der Waals surface area contributed by atoms with E-state index in [-0.39, 0.29) is 24.0 Å². The van der Waals surface area contributed by atoms with Gasteiger partial charge in [-0.25, -0.2) is 9.98 Å². The molecule has 7 heteroatoms. The average Bonchev–Trinajstić information content (AvgIpc) is 3.04. The molecule has 0 radical (unpaired) electrons. The lowest BCUT2D eigenvalue weighted by molar-refractivity contribution is 0.134. The Hall–Kier alpha value is -1.19. The third-order valence-corrected chi connectivity index (χ3v) is 4.53. The van der Waals surface area contributed by atoms with E-state index < -0.39 is 0 Å². The van der Waals surface area contributed by atoms with E-state index in [0.29, 0.717) is 13.2 Å². The maximum absolute atomic E-state index is 5.42. The Labute approximate surface area is 177 Å². The number of ether oxygens (including phenoxy) is 1. The van der Waals surface area contributed by atoms with Crippen molar-refractivity contribution in [1.29, 1.82) is 0 Å². The van der Waals surface area contributed by atoms with Gasteiger partial charge < -0.3 is 15.4 Å². The second-order valence-electron chi connectivity index (χ2n) is 5.69. The predicted molar refractivity (Wildman–Crippen MR) is 121 cm³/mol. The van der Waals surface area contributed by atoms with Crippen molar-refractivity contribution in [2.75, 3.05) is 19.7 Å². The van der Waals surface area contributed by atoms with Crippen LogP contribution in [0.25, 0.3) is 0 Å². The number of thiazole rings is 1. The third kappa shape index (κ3) is 8.46. The van der Waals surface area contributed by atoms with Gasteiger partial charge in [-0.15, -0.1) is 35.3 Å². The fourth-order valence-electron chi connectivity index (χ4n) is 2.28. The van der Waals surface area contributed by atoms with Crippen LogP contribution in [0, 0.1) is 6.92 Å². The summed E-state index contributed by atoms with van der Waals surface area (Å²) in [6.45, 7) is 9.89. The van der Waals surface area contributed by atoms with E-state index in [1.807, 2.05) is 13.1 Å². The minimum atomic E-state index is 0. The highest BCUT2D eigenvalue weighted by atomic mass is 127. The highest BCUT2D eigenvalue weighted by molar-refractivity contribution is 14.0. The topological polar surface area (TPSA) is 58.5 Å². The molecule has 0 aliphatic rings. The van der Waals surface area contributed by atoms with E-state index >= 15 is 0 Å². The van der Waals surface area contributed by atoms with E-state index in [9.17, 15) is 0 Å². The molecule has 2 N–H and O–H groups in total. The van der Waals surface area contributed by atoms with Crippen LogP contribution in [0.5, 0.6) is 0 Å². The summed E-state index contributed by atoms with van der Waals surface area (Å²) in [5.74, 6) is 0.842. The minimum Gasteiger partial charge on any atom is -0.377 e. The van der Waals surface area contributed by atoms with E-state index in [0.717, 1.165) is 37.1 Å². The second kappa shape index (κ2) is 13.1. The summed E-state index contributed by atoms with van der Waals surface area (Å²) in [6.07, 6.45) is 2.84. The smallest absolute Gasteiger partial charge is 0.191 e. The van der Waals surface area contributed by atoms with Gasteiger partial charge in [0.05, 0.1) is 18.2 Å². The Morgan fingerprint density at radius 2 is 1.88 bits per heavy atom. The van der Waals surface area contributed by atoms with E-state index in [1.165, 1.54) is 16.0 Å². The number of aryl methyl sites for hydroxylation is 1. The number of aromatic nitrogens is 1. The zero-order valence-electron chi connectivity index (χ0n) is 15.7. The van der Waals surface area contributed by atoms with Crippen molar-refractivity contribution in [2.45, 2.75) is 40.3 Å². The molecule has 0 atom stereocenters. The number of halogens is 1. The monoisotopic (exact) mass is 488 g/mol. The Kier molecular flexibility index (Phi) is 11.5. The first-order valence-electron chi connectivity index (χ1n) is 8.80. The molecule has 0 saturated heterocycles. The Morgan fingerprint density at radius 3 is 2.50 bits per heavy atom. The zero-order chi connectivity index (χ0) is 17.9. The van der Waals surface area contributed by atoms with Crippen LogP contribution < -0.4 is 10.6 Å². The fraction of sp³-hybridized carbons (Fsp3) is 0.474. The van der Waals surface area contributed by atoms with Gasteiger partial charge in [0, 0.05) is 37.2 Å². The molecular weight excluding hydrogens is 459 g/mol. The molecule has 0 amide bonds. The van der Waals surface area contributed by atoms with E-state index in [1.54, 1.807) is 11.3 Å². The predicted octanol–water partition coefficient (Wildman–Crippen LogP) is 3.90. The summed E-state index contributed by atoms with van der Waals surface area (Å²) < 4.78 is 5.42. The molecular formula is C19H29IN4OS. The molecule has 0 aliphatic heterocycles. The number of rotatable bonds is 9. The molecule has 1 aromatic carbocycles. The van der Waals surface area contributed by atoms with Crippen LogP contribution in [0.15, 0.2) is 35.5 Å². The summed E-state index contributed by atoms with van der Waals surface area (Å²) in [5.41, 5.74) is 2.38. The van der Waals surface area contributed by atoms with Crippen molar-refractivity contribution in [1.82, 2.24) is 15.6 Å². The van der Waals surface area contributed by atoms with Crippen LogP contribution in [-0.2, 0) is 24.3 Å². The van der Waals surface area contributed by atoms with E-state index in [4.69, 9.17) is 4.74 Å². The molecule has 1 heterocycles. The molecule has 144 valence electrons. The van der Waals surface area contributed by atoms with Crippen LogP contribution in [-0.4, -0.2) is 30.6 Å². The molecule has 5 nitrogen and oxygen atoms in total. The zero-order valence-corrected chi connectivity index (χ0v) is 18.9. The van der Waals surface area contributed by atoms with Gasteiger partial charge in [-0.2, -0.15) is 0 Å².